The number of carbonyl (C=O) groups is 1. The van der Waals surface area contributed by atoms with Crippen LogP contribution in [0.25, 0.3) is 0 Å². The molecule has 2 unspecified atom stereocenters. The second-order valence-corrected chi connectivity index (χ2v) is 4.69. The van der Waals surface area contributed by atoms with Crippen LogP contribution in [0.1, 0.15) is 30.3 Å². The van der Waals surface area contributed by atoms with Crippen LogP contribution < -0.4 is 5.32 Å². The Hall–Kier alpha value is -1.14. The number of hydrogen-bond donors (Lipinski definition) is 2. The average molecular weight is 242 g/mol. The number of thiazole rings is 1. The van der Waals surface area contributed by atoms with Gasteiger partial charge in [0.15, 0.2) is 10.8 Å². The number of rotatable bonds is 4. The fourth-order valence-electron chi connectivity index (χ4n) is 1.72. The van der Waals surface area contributed by atoms with E-state index in [-0.39, 0.29) is 17.8 Å². The lowest BCUT2D eigenvalue weighted by atomic mass is 10.1. The first-order valence-corrected chi connectivity index (χ1v) is 6.12. The smallest absolute Gasteiger partial charge is 0.355 e. The molecule has 0 aliphatic carbocycles. The molecule has 2 rings (SSSR count). The fraction of sp³-hybridized carbons (Fsp3) is 0.600. The minimum Gasteiger partial charge on any atom is -0.476 e. The quantitative estimate of drug-likeness (QED) is 0.842. The van der Waals surface area contributed by atoms with Gasteiger partial charge in [0.05, 0.1) is 12.1 Å². The van der Waals surface area contributed by atoms with Crippen molar-refractivity contribution in [3.05, 3.63) is 11.1 Å². The molecule has 2 heterocycles. The van der Waals surface area contributed by atoms with Gasteiger partial charge in [0.25, 0.3) is 0 Å². The maximum absolute atomic E-state index is 10.6. The third-order valence-electron chi connectivity index (χ3n) is 2.60. The van der Waals surface area contributed by atoms with E-state index in [0.29, 0.717) is 5.13 Å². The van der Waals surface area contributed by atoms with Crippen LogP contribution in [-0.2, 0) is 4.74 Å². The molecular weight excluding hydrogens is 228 g/mol. The number of aromatic nitrogens is 1. The molecule has 0 saturated carbocycles. The summed E-state index contributed by atoms with van der Waals surface area (Å²) >= 11 is 1.31. The molecule has 2 N–H and O–H groups in total. The topological polar surface area (TPSA) is 71.5 Å². The highest BCUT2D eigenvalue weighted by atomic mass is 32.1. The van der Waals surface area contributed by atoms with E-state index in [9.17, 15) is 4.79 Å². The van der Waals surface area contributed by atoms with Gasteiger partial charge in [0.1, 0.15) is 0 Å². The molecule has 16 heavy (non-hydrogen) atoms. The van der Waals surface area contributed by atoms with Crippen molar-refractivity contribution in [3.8, 4) is 0 Å². The van der Waals surface area contributed by atoms with Gasteiger partial charge >= 0.3 is 5.97 Å². The normalized spacial score (nSPS) is 21.9. The maximum Gasteiger partial charge on any atom is 0.355 e. The summed E-state index contributed by atoms with van der Waals surface area (Å²) < 4.78 is 5.54. The number of hydrogen-bond acceptors (Lipinski definition) is 5. The van der Waals surface area contributed by atoms with Crippen molar-refractivity contribution in [2.45, 2.75) is 31.9 Å². The van der Waals surface area contributed by atoms with Crippen molar-refractivity contribution in [3.63, 3.8) is 0 Å². The molecule has 1 saturated heterocycles. The first-order valence-electron chi connectivity index (χ1n) is 5.24. The van der Waals surface area contributed by atoms with Crippen molar-refractivity contribution in [1.29, 1.82) is 0 Å². The number of nitrogens with zero attached hydrogens (tertiary/aromatic N) is 1. The van der Waals surface area contributed by atoms with Gasteiger partial charge in [-0.25, -0.2) is 9.78 Å². The molecule has 0 aromatic carbocycles. The van der Waals surface area contributed by atoms with Crippen molar-refractivity contribution < 1.29 is 14.6 Å². The lowest BCUT2D eigenvalue weighted by molar-refractivity contribution is 0.0691. The lowest BCUT2D eigenvalue weighted by Crippen LogP contribution is -2.29. The molecule has 1 aromatic heterocycles. The molecule has 1 fully saturated rings. The van der Waals surface area contributed by atoms with E-state index in [1.165, 1.54) is 16.7 Å². The zero-order valence-electron chi connectivity index (χ0n) is 8.97. The summed E-state index contributed by atoms with van der Waals surface area (Å²) in [6, 6.07) is 0.162. The summed E-state index contributed by atoms with van der Waals surface area (Å²) in [7, 11) is 0. The molecule has 0 radical (unpaired) electrons. The molecule has 0 spiro atoms. The van der Waals surface area contributed by atoms with Gasteiger partial charge in [-0.3, -0.25) is 0 Å². The van der Waals surface area contributed by atoms with Gasteiger partial charge < -0.3 is 15.2 Å². The van der Waals surface area contributed by atoms with Crippen LogP contribution >= 0.6 is 11.3 Å². The SMILES string of the molecule is CC(Nc1nc(C(=O)O)cs1)C1CCCO1. The second kappa shape index (κ2) is 4.80. The van der Waals surface area contributed by atoms with Crippen LogP contribution in [-0.4, -0.2) is 34.8 Å². The van der Waals surface area contributed by atoms with E-state index >= 15 is 0 Å². The van der Waals surface area contributed by atoms with E-state index in [2.05, 4.69) is 10.3 Å². The number of aromatic carboxylic acids is 1. The Labute approximate surface area is 97.5 Å². The Morgan fingerprint density at radius 1 is 1.81 bits per heavy atom. The van der Waals surface area contributed by atoms with E-state index in [0.717, 1.165) is 19.4 Å². The summed E-state index contributed by atoms with van der Waals surface area (Å²) in [5.41, 5.74) is 0.0899. The molecule has 0 bridgehead atoms. The minimum absolute atomic E-state index is 0.0899. The zero-order chi connectivity index (χ0) is 11.5. The second-order valence-electron chi connectivity index (χ2n) is 3.83. The summed E-state index contributed by atoms with van der Waals surface area (Å²) in [4.78, 5) is 14.6. The highest BCUT2D eigenvalue weighted by Gasteiger charge is 2.23. The Kier molecular flexibility index (Phi) is 3.40. The van der Waals surface area contributed by atoms with E-state index in [1.807, 2.05) is 6.92 Å². The van der Waals surface area contributed by atoms with Gasteiger partial charge in [0, 0.05) is 12.0 Å². The number of ether oxygens (including phenoxy) is 1. The fourth-order valence-corrected chi connectivity index (χ4v) is 2.50. The minimum atomic E-state index is -0.992. The zero-order valence-corrected chi connectivity index (χ0v) is 9.79. The maximum atomic E-state index is 10.6. The van der Waals surface area contributed by atoms with Crippen molar-refractivity contribution in [2.75, 3.05) is 11.9 Å². The van der Waals surface area contributed by atoms with Crippen molar-refractivity contribution >= 4 is 22.4 Å². The van der Waals surface area contributed by atoms with E-state index < -0.39 is 5.97 Å². The molecule has 2 atom stereocenters. The van der Waals surface area contributed by atoms with Crippen LogP contribution in [0.5, 0.6) is 0 Å². The monoisotopic (exact) mass is 242 g/mol. The van der Waals surface area contributed by atoms with Crippen LogP contribution in [0.3, 0.4) is 0 Å². The number of nitrogens with one attached hydrogen (secondary N) is 1. The lowest BCUT2D eigenvalue weighted by Gasteiger charge is -2.19. The summed E-state index contributed by atoms with van der Waals surface area (Å²) in [5, 5.41) is 14.1. The molecule has 88 valence electrons. The molecule has 1 aliphatic rings. The standard InChI is InChI=1S/C10H14N2O3S/c1-6(8-3-2-4-15-8)11-10-12-7(5-16-10)9(13)14/h5-6,8H,2-4H2,1H3,(H,11,12)(H,13,14). The summed E-state index contributed by atoms with van der Waals surface area (Å²) in [6.45, 7) is 2.84. The number of carboxylic acids is 1. The molecule has 6 heteroatoms. The van der Waals surface area contributed by atoms with Gasteiger partial charge in [-0.1, -0.05) is 0 Å². The number of carboxylic acid groups (broad SMARTS) is 1. The Morgan fingerprint density at radius 3 is 3.19 bits per heavy atom. The summed E-state index contributed by atoms with van der Waals surface area (Å²) in [5.74, 6) is -0.992. The van der Waals surface area contributed by atoms with Gasteiger partial charge in [-0.15, -0.1) is 11.3 Å². The highest BCUT2D eigenvalue weighted by molar-refractivity contribution is 7.13. The van der Waals surface area contributed by atoms with Crippen molar-refractivity contribution in [2.24, 2.45) is 0 Å². The van der Waals surface area contributed by atoms with Crippen LogP contribution in [0, 0.1) is 0 Å². The average Bonchev–Trinajstić information content (AvgIpc) is 2.87. The van der Waals surface area contributed by atoms with Crippen molar-refractivity contribution in [1.82, 2.24) is 4.98 Å². The Balaban J connectivity index is 1.94. The Bertz CT molecular complexity index is 374. The first-order chi connectivity index (χ1) is 7.66. The predicted molar refractivity (Wildman–Crippen MR) is 61.1 cm³/mol. The molecule has 1 aliphatic heterocycles. The van der Waals surface area contributed by atoms with Crippen LogP contribution in [0.4, 0.5) is 5.13 Å². The first kappa shape index (κ1) is 11.3. The van der Waals surface area contributed by atoms with E-state index in [1.54, 1.807) is 0 Å². The molecule has 5 nitrogen and oxygen atoms in total. The van der Waals surface area contributed by atoms with Crippen LogP contribution in [0.2, 0.25) is 0 Å². The van der Waals surface area contributed by atoms with Gasteiger partial charge in [0.2, 0.25) is 0 Å². The molecule has 0 amide bonds. The van der Waals surface area contributed by atoms with Gasteiger partial charge in [-0.2, -0.15) is 0 Å². The number of anilines is 1. The van der Waals surface area contributed by atoms with Crippen LogP contribution in [0.15, 0.2) is 5.38 Å². The third kappa shape index (κ3) is 2.51. The third-order valence-corrected chi connectivity index (χ3v) is 3.37. The predicted octanol–water partition coefficient (Wildman–Crippen LogP) is 1.82. The Morgan fingerprint density at radius 2 is 2.62 bits per heavy atom. The molecule has 1 aromatic rings. The largest absolute Gasteiger partial charge is 0.476 e. The van der Waals surface area contributed by atoms with E-state index in [4.69, 9.17) is 9.84 Å². The summed E-state index contributed by atoms with van der Waals surface area (Å²) in [6.07, 6.45) is 2.34. The molecular formula is C10H14N2O3S. The van der Waals surface area contributed by atoms with Gasteiger partial charge in [-0.05, 0) is 19.8 Å². The highest BCUT2D eigenvalue weighted by Crippen LogP contribution is 2.21.